The van der Waals surface area contributed by atoms with Crippen LogP contribution in [-0.4, -0.2) is 49.3 Å². The lowest BCUT2D eigenvalue weighted by molar-refractivity contribution is 0.161. The van der Waals surface area contributed by atoms with Crippen LogP contribution in [0.5, 0.6) is 5.75 Å². The van der Waals surface area contributed by atoms with E-state index in [1.165, 1.54) is 0 Å². The van der Waals surface area contributed by atoms with Gasteiger partial charge in [-0.05, 0) is 39.1 Å². The van der Waals surface area contributed by atoms with E-state index in [0.29, 0.717) is 12.6 Å². The molecule has 1 rings (SSSR count). The number of rotatable bonds is 9. The van der Waals surface area contributed by atoms with Crippen LogP contribution in [0.1, 0.15) is 38.0 Å². The number of nitrogens with one attached hydrogen (secondary N) is 1. The average molecular weight is 294 g/mol. The smallest absolute Gasteiger partial charge is 0.124 e. The molecule has 4 nitrogen and oxygen atoms in total. The van der Waals surface area contributed by atoms with Crippen molar-refractivity contribution in [3.8, 4) is 5.75 Å². The zero-order chi connectivity index (χ0) is 15.8. The van der Waals surface area contributed by atoms with Gasteiger partial charge in [-0.1, -0.05) is 25.5 Å². The highest BCUT2D eigenvalue weighted by molar-refractivity contribution is 5.38. The fraction of sp³-hybridized carbons (Fsp3) is 0.647. The van der Waals surface area contributed by atoms with Crippen molar-refractivity contribution in [1.29, 1.82) is 0 Å². The molecule has 21 heavy (non-hydrogen) atoms. The first-order valence-corrected chi connectivity index (χ1v) is 7.80. The van der Waals surface area contributed by atoms with Crippen LogP contribution in [0.15, 0.2) is 18.2 Å². The second kappa shape index (κ2) is 9.03. The van der Waals surface area contributed by atoms with Gasteiger partial charge in [0, 0.05) is 24.7 Å². The maximum absolute atomic E-state index is 10.4. The summed E-state index contributed by atoms with van der Waals surface area (Å²) in [6.07, 6.45) is -0.556. The van der Waals surface area contributed by atoms with Crippen molar-refractivity contribution >= 4 is 0 Å². The fourth-order valence-corrected chi connectivity index (χ4v) is 2.47. The first kappa shape index (κ1) is 18.0. The van der Waals surface area contributed by atoms with E-state index < -0.39 is 6.10 Å². The Labute approximate surface area is 129 Å². The van der Waals surface area contributed by atoms with Crippen molar-refractivity contribution in [3.63, 3.8) is 0 Å². The molecule has 0 heterocycles. The van der Waals surface area contributed by atoms with E-state index >= 15 is 0 Å². The molecule has 2 unspecified atom stereocenters. The Morgan fingerprint density at radius 1 is 1.29 bits per heavy atom. The summed E-state index contributed by atoms with van der Waals surface area (Å²) in [6, 6.07) is 6.23. The number of aliphatic hydroxyl groups is 1. The van der Waals surface area contributed by atoms with Crippen LogP contribution in [0.25, 0.3) is 0 Å². The quantitative estimate of drug-likeness (QED) is 0.734. The molecule has 2 atom stereocenters. The molecule has 0 amide bonds. The van der Waals surface area contributed by atoms with Crippen molar-refractivity contribution in [1.82, 2.24) is 10.2 Å². The lowest BCUT2D eigenvalue weighted by Gasteiger charge is -2.25. The molecule has 0 bridgehead atoms. The average Bonchev–Trinajstić information content (AvgIpc) is 2.50. The number of aryl methyl sites for hydroxylation is 1. The van der Waals surface area contributed by atoms with Gasteiger partial charge < -0.3 is 20.1 Å². The zero-order valence-electron chi connectivity index (χ0n) is 14.0. The Kier molecular flexibility index (Phi) is 7.72. The molecule has 0 fully saturated rings. The second-order valence-electron chi connectivity index (χ2n) is 5.56. The van der Waals surface area contributed by atoms with Gasteiger partial charge in [-0.15, -0.1) is 0 Å². The second-order valence-corrected chi connectivity index (χ2v) is 5.56. The molecule has 0 saturated carbocycles. The van der Waals surface area contributed by atoms with Crippen LogP contribution in [0, 0.1) is 6.92 Å². The molecule has 0 aromatic heterocycles. The molecule has 1 aromatic rings. The Morgan fingerprint density at radius 2 is 1.95 bits per heavy atom. The van der Waals surface area contributed by atoms with E-state index in [1.807, 2.05) is 25.1 Å². The van der Waals surface area contributed by atoms with Gasteiger partial charge in [-0.25, -0.2) is 0 Å². The number of likely N-dealkylation sites (N-methyl/N-ethyl adjacent to an activating group) is 1. The van der Waals surface area contributed by atoms with Gasteiger partial charge >= 0.3 is 0 Å². The van der Waals surface area contributed by atoms with Gasteiger partial charge in [0.2, 0.25) is 0 Å². The number of aliphatic hydroxyl groups excluding tert-OH is 1. The highest BCUT2D eigenvalue weighted by Gasteiger charge is 2.15. The minimum Gasteiger partial charge on any atom is -0.496 e. The highest BCUT2D eigenvalue weighted by Crippen LogP contribution is 2.25. The summed E-state index contributed by atoms with van der Waals surface area (Å²) in [7, 11) is 1.64. The van der Waals surface area contributed by atoms with Crippen molar-refractivity contribution < 1.29 is 9.84 Å². The third-order valence-corrected chi connectivity index (χ3v) is 3.83. The molecule has 0 spiro atoms. The largest absolute Gasteiger partial charge is 0.496 e. The van der Waals surface area contributed by atoms with Gasteiger partial charge in [0.1, 0.15) is 5.75 Å². The molecule has 120 valence electrons. The number of hydrogen-bond donors (Lipinski definition) is 2. The molecular formula is C17H30N2O2. The summed E-state index contributed by atoms with van der Waals surface area (Å²) < 4.78 is 5.33. The zero-order valence-corrected chi connectivity index (χ0v) is 14.0. The first-order valence-electron chi connectivity index (χ1n) is 7.80. The van der Waals surface area contributed by atoms with E-state index in [0.717, 1.165) is 36.5 Å². The van der Waals surface area contributed by atoms with Gasteiger partial charge in [0.05, 0.1) is 13.2 Å². The van der Waals surface area contributed by atoms with Crippen LogP contribution in [0.3, 0.4) is 0 Å². The molecule has 0 aliphatic carbocycles. The molecule has 4 heteroatoms. The predicted octanol–water partition coefficient (Wildman–Crippen LogP) is 2.36. The topological polar surface area (TPSA) is 44.7 Å². The highest BCUT2D eigenvalue weighted by atomic mass is 16.5. The number of nitrogens with zero attached hydrogens (tertiary/aromatic N) is 1. The summed E-state index contributed by atoms with van der Waals surface area (Å²) in [5.74, 6) is 0.742. The Morgan fingerprint density at radius 3 is 2.52 bits per heavy atom. The van der Waals surface area contributed by atoms with Crippen LogP contribution < -0.4 is 10.1 Å². The van der Waals surface area contributed by atoms with Crippen molar-refractivity contribution in [2.24, 2.45) is 0 Å². The van der Waals surface area contributed by atoms with Crippen molar-refractivity contribution in [2.45, 2.75) is 39.8 Å². The molecule has 0 aliphatic rings. The normalized spacial score (nSPS) is 14.2. The standard InChI is InChI=1S/C17H30N2O2/c1-6-19(7-2)12-14(4)18-11-16(20)15-10-13(3)8-9-17(15)21-5/h8-10,14,16,18,20H,6-7,11-12H2,1-5H3. The fourth-order valence-electron chi connectivity index (χ4n) is 2.47. The molecule has 0 radical (unpaired) electrons. The molecule has 0 aliphatic heterocycles. The number of methoxy groups -OCH3 is 1. The molecule has 0 saturated heterocycles. The molecular weight excluding hydrogens is 264 g/mol. The van der Waals surface area contributed by atoms with Gasteiger partial charge in [-0.3, -0.25) is 0 Å². The summed E-state index contributed by atoms with van der Waals surface area (Å²) >= 11 is 0. The van der Waals surface area contributed by atoms with Gasteiger partial charge in [0.25, 0.3) is 0 Å². The van der Waals surface area contributed by atoms with E-state index in [9.17, 15) is 5.11 Å². The van der Waals surface area contributed by atoms with Crippen LogP contribution in [0.4, 0.5) is 0 Å². The summed E-state index contributed by atoms with van der Waals surface area (Å²) in [5, 5.41) is 13.8. The summed E-state index contributed by atoms with van der Waals surface area (Å²) in [5.41, 5.74) is 1.97. The number of benzene rings is 1. The summed E-state index contributed by atoms with van der Waals surface area (Å²) in [6.45, 7) is 12.1. The SMILES string of the molecule is CCN(CC)CC(C)NCC(O)c1cc(C)ccc1OC. The molecule has 1 aromatic carbocycles. The number of hydrogen-bond acceptors (Lipinski definition) is 4. The van der Waals surface area contributed by atoms with E-state index in [-0.39, 0.29) is 0 Å². The van der Waals surface area contributed by atoms with Crippen LogP contribution in [-0.2, 0) is 0 Å². The lowest BCUT2D eigenvalue weighted by Crippen LogP contribution is -2.40. The number of ether oxygens (including phenoxy) is 1. The van der Waals surface area contributed by atoms with Gasteiger partial charge in [0.15, 0.2) is 0 Å². The van der Waals surface area contributed by atoms with E-state index in [2.05, 4.69) is 31.0 Å². The molecule has 2 N–H and O–H groups in total. The van der Waals surface area contributed by atoms with Crippen molar-refractivity contribution in [3.05, 3.63) is 29.3 Å². The first-order chi connectivity index (χ1) is 10.0. The van der Waals surface area contributed by atoms with Crippen LogP contribution in [0.2, 0.25) is 0 Å². The lowest BCUT2D eigenvalue weighted by atomic mass is 10.0. The maximum atomic E-state index is 10.4. The van der Waals surface area contributed by atoms with Gasteiger partial charge in [-0.2, -0.15) is 0 Å². The van der Waals surface area contributed by atoms with Crippen LogP contribution >= 0.6 is 0 Å². The third-order valence-electron chi connectivity index (χ3n) is 3.83. The monoisotopic (exact) mass is 294 g/mol. The minimum absolute atomic E-state index is 0.343. The Bertz CT molecular complexity index is 419. The Hall–Kier alpha value is -1.10. The predicted molar refractivity (Wildman–Crippen MR) is 87.9 cm³/mol. The van der Waals surface area contributed by atoms with Crippen molar-refractivity contribution in [2.75, 3.05) is 33.3 Å². The maximum Gasteiger partial charge on any atom is 0.124 e. The van der Waals surface area contributed by atoms with E-state index in [4.69, 9.17) is 4.74 Å². The van der Waals surface area contributed by atoms with E-state index in [1.54, 1.807) is 7.11 Å². The Balaban J connectivity index is 2.57. The summed E-state index contributed by atoms with van der Waals surface area (Å²) in [4.78, 5) is 2.37. The minimum atomic E-state index is -0.556. The third kappa shape index (κ3) is 5.65.